The third kappa shape index (κ3) is 3.89. The molecule has 1 aromatic heterocycles. The number of rotatable bonds is 5. The summed E-state index contributed by atoms with van der Waals surface area (Å²) in [6, 6.07) is 17.6. The molecule has 3 aromatic rings. The molecule has 0 aliphatic heterocycles. The highest BCUT2D eigenvalue weighted by Gasteiger charge is 2.32. The summed E-state index contributed by atoms with van der Waals surface area (Å²) in [7, 11) is 0. The lowest BCUT2D eigenvalue weighted by molar-refractivity contribution is -0.793. The fourth-order valence-corrected chi connectivity index (χ4v) is 2.66. The van der Waals surface area contributed by atoms with Gasteiger partial charge in [-0.3, -0.25) is 9.84 Å². The monoisotopic (exact) mass is 353 g/mol. The third-order valence-corrected chi connectivity index (χ3v) is 4.13. The van der Waals surface area contributed by atoms with Crippen LogP contribution < -0.4 is 15.3 Å². The van der Waals surface area contributed by atoms with Gasteiger partial charge < -0.3 is 10.4 Å². The number of urea groups is 1. The Bertz CT molecular complexity index is 865. The number of nitrogens with one attached hydrogen (secondary N) is 2. The highest BCUT2D eigenvalue weighted by atomic mass is 16.5. The molecule has 3 rings (SSSR count). The Morgan fingerprint density at radius 1 is 1.08 bits per heavy atom. The molecule has 0 spiro atoms. The van der Waals surface area contributed by atoms with Crippen molar-refractivity contribution in [2.45, 2.75) is 26.0 Å². The summed E-state index contributed by atoms with van der Waals surface area (Å²) in [5, 5.41) is 19.9. The Kier molecular flexibility index (Phi) is 5.28. The molecule has 2 atom stereocenters. The van der Waals surface area contributed by atoms with Gasteiger partial charge in [-0.1, -0.05) is 48.5 Å². The van der Waals surface area contributed by atoms with Crippen LogP contribution in [0.4, 0.5) is 16.4 Å². The highest BCUT2D eigenvalue weighted by molar-refractivity contribution is 5.98. The van der Waals surface area contributed by atoms with E-state index in [4.69, 9.17) is 4.52 Å². The Balaban J connectivity index is 1.70. The summed E-state index contributed by atoms with van der Waals surface area (Å²) in [4.78, 5) is 12.1. The molecule has 7 nitrogen and oxygen atoms in total. The normalized spacial score (nSPS) is 13.0. The van der Waals surface area contributed by atoms with Crippen molar-refractivity contribution >= 4 is 17.6 Å². The van der Waals surface area contributed by atoms with E-state index in [1.54, 1.807) is 23.7 Å². The molecule has 2 unspecified atom stereocenters. The summed E-state index contributed by atoms with van der Waals surface area (Å²) < 4.78 is 6.79. The first-order chi connectivity index (χ1) is 12.6. The average Bonchev–Trinajstić information content (AvgIpc) is 3.02. The molecule has 1 heterocycles. The van der Waals surface area contributed by atoms with Crippen LogP contribution in [0.2, 0.25) is 0 Å². The number of aliphatic hydroxyl groups excluding tert-OH is 1. The molecule has 0 aliphatic carbocycles. The highest BCUT2D eigenvalue weighted by Crippen LogP contribution is 2.23. The van der Waals surface area contributed by atoms with E-state index >= 15 is 0 Å². The molecule has 0 fully saturated rings. The lowest BCUT2D eigenvalue weighted by atomic mass is 10.0. The van der Waals surface area contributed by atoms with Crippen LogP contribution in [0.15, 0.2) is 65.2 Å². The van der Waals surface area contributed by atoms with Gasteiger partial charge in [0.25, 0.3) is 5.69 Å². The summed E-state index contributed by atoms with van der Waals surface area (Å²) in [6.45, 7) is 3.60. The maximum absolute atomic E-state index is 12.1. The Morgan fingerprint density at radius 3 is 2.35 bits per heavy atom. The summed E-state index contributed by atoms with van der Waals surface area (Å²) in [5.74, 6) is 0.227. The maximum Gasteiger partial charge on any atom is 0.326 e. The predicted molar refractivity (Wildman–Crippen MR) is 96.6 cm³/mol. The Hall–Kier alpha value is -3.19. The SMILES string of the molecule is Cc1c(NC(=O)Nc2ccccc2)on[n+]1C(C)C(O)c1ccccc1. The molecule has 0 bridgehead atoms. The van der Waals surface area contributed by atoms with Gasteiger partial charge >= 0.3 is 11.9 Å². The molecule has 0 aliphatic rings. The second-order valence-corrected chi connectivity index (χ2v) is 5.97. The van der Waals surface area contributed by atoms with E-state index in [1.807, 2.05) is 55.5 Å². The topological polar surface area (TPSA) is 91.3 Å². The van der Waals surface area contributed by atoms with Crippen molar-refractivity contribution < 1.29 is 19.1 Å². The second kappa shape index (κ2) is 7.79. The minimum atomic E-state index is -0.754. The number of aromatic nitrogens is 2. The summed E-state index contributed by atoms with van der Waals surface area (Å²) in [6.07, 6.45) is -0.754. The van der Waals surface area contributed by atoms with E-state index in [-0.39, 0.29) is 11.9 Å². The molecule has 2 aromatic carbocycles. The minimum Gasteiger partial charge on any atom is -0.381 e. The molecule has 2 amide bonds. The first-order valence-corrected chi connectivity index (χ1v) is 8.30. The molecule has 26 heavy (non-hydrogen) atoms. The number of anilines is 2. The Morgan fingerprint density at radius 2 is 1.69 bits per heavy atom. The van der Waals surface area contributed by atoms with Gasteiger partial charge in [-0.15, -0.1) is 0 Å². The lowest BCUT2D eigenvalue weighted by Crippen LogP contribution is -2.45. The van der Waals surface area contributed by atoms with Crippen molar-refractivity contribution in [1.29, 1.82) is 0 Å². The van der Waals surface area contributed by atoms with Crippen LogP contribution in [0.25, 0.3) is 0 Å². The number of nitrogens with zero attached hydrogens (tertiary/aromatic N) is 2. The number of benzene rings is 2. The van der Waals surface area contributed by atoms with Crippen LogP contribution in [0.3, 0.4) is 0 Å². The van der Waals surface area contributed by atoms with Crippen molar-refractivity contribution in [2.24, 2.45) is 0 Å². The van der Waals surface area contributed by atoms with Gasteiger partial charge in [-0.2, -0.15) is 0 Å². The molecule has 0 radical (unpaired) electrons. The van der Waals surface area contributed by atoms with Crippen molar-refractivity contribution in [1.82, 2.24) is 5.27 Å². The van der Waals surface area contributed by atoms with Gasteiger partial charge in [0.2, 0.25) is 11.3 Å². The molecular formula is C19H21N4O3+. The average molecular weight is 353 g/mol. The molecule has 0 saturated heterocycles. The van der Waals surface area contributed by atoms with E-state index in [0.29, 0.717) is 11.4 Å². The van der Waals surface area contributed by atoms with Gasteiger partial charge in [0.15, 0.2) is 0 Å². The number of amides is 2. The quantitative estimate of drug-likeness (QED) is 0.614. The van der Waals surface area contributed by atoms with Crippen molar-refractivity contribution in [3.63, 3.8) is 0 Å². The van der Waals surface area contributed by atoms with Gasteiger partial charge in [0, 0.05) is 19.5 Å². The van der Waals surface area contributed by atoms with Gasteiger partial charge in [-0.25, -0.2) is 4.79 Å². The van der Waals surface area contributed by atoms with Gasteiger partial charge in [0.05, 0.1) is 0 Å². The zero-order valence-electron chi connectivity index (χ0n) is 14.6. The molecule has 7 heteroatoms. The zero-order valence-corrected chi connectivity index (χ0v) is 14.6. The first-order valence-electron chi connectivity index (χ1n) is 8.30. The van der Waals surface area contributed by atoms with E-state index < -0.39 is 12.1 Å². The minimum absolute atomic E-state index is 0.227. The Labute approximate surface area is 151 Å². The number of para-hydroxylation sites is 1. The lowest BCUT2D eigenvalue weighted by Gasteiger charge is -2.12. The van der Waals surface area contributed by atoms with Crippen LogP contribution in [0.1, 0.15) is 30.3 Å². The van der Waals surface area contributed by atoms with E-state index in [1.165, 1.54) is 0 Å². The largest absolute Gasteiger partial charge is 0.381 e. The van der Waals surface area contributed by atoms with Crippen LogP contribution in [0, 0.1) is 6.92 Å². The van der Waals surface area contributed by atoms with Crippen molar-refractivity contribution in [3.05, 3.63) is 71.9 Å². The van der Waals surface area contributed by atoms with E-state index in [0.717, 1.165) is 5.56 Å². The number of carbonyl (C=O) groups is 1. The van der Waals surface area contributed by atoms with Crippen LogP contribution in [-0.2, 0) is 0 Å². The smallest absolute Gasteiger partial charge is 0.326 e. The van der Waals surface area contributed by atoms with E-state index in [2.05, 4.69) is 15.9 Å². The number of hydrogen-bond donors (Lipinski definition) is 3. The molecule has 134 valence electrons. The zero-order chi connectivity index (χ0) is 18.5. The molecule has 3 N–H and O–H groups in total. The number of aliphatic hydroxyl groups is 1. The second-order valence-electron chi connectivity index (χ2n) is 5.97. The van der Waals surface area contributed by atoms with Gasteiger partial charge in [-0.05, 0) is 22.4 Å². The molecule has 0 saturated carbocycles. The fraction of sp³-hybridized carbons (Fsp3) is 0.211. The van der Waals surface area contributed by atoms with Crippen molar-refractivity contribution in [2.75, 3.05) is 10.6 Å². The summed E-state index contributed by atoms with van der Waals surface area (Å²) >= 11 is 0. The maximum atomic E-state index is 12.1. The molecular weight excluding hydrogens is 332 g/mol. The number of carbonyl (C=O) groups excluding carboxylic acids is 1. The van der Waals surface area contributed by atoms with Crippen LogP contribution in [-0.4, -0.2) is 16.4 Å². The number of hydrogen-bond acceptors (Lipinski definition) is 4. The van der Waals surface area contributed by atoms with Crippen molar-refractivity contribution in [3.8, 4) is 0 Å². The van der Waals surface area contributed by atoms with E-state index in [9.17, 15) is 9.90 Å². The van der Waals surface area contributed by atoms with Crippen LogP contribution in [0.5, 0.6) is 0 Å². The predicted octanol–water partition coefficient (Wildman–Crippen LogP) is 3.21. The first kappa shape index (κ1) is 17.6. The van der Waals surface area contributed by atoms with Gasteiger partial charge in [0.1, 0.15) is 6.10 Å². The fourth-order valence-electron chi connectivity index (χ4n) is 2.66. The van der Waals surface area contributed by atoms with Crippen LogP contribution >= 0.6 is 0 Å². The third-order valence-electron chi connectivity index (χ3n) is 4.13. The standard InChI is InChI=1S/C19H20N4O3/c1-13(17(24)15-9-5-3-6-10-15)23-14(2)18(26-22-23)21-19(25)20-16-11-7-4-8-12-16/h3-13,17,24H,1-2H3,(H-,20,21,22,25)/p+1. The summed E-state index contributed by atoms with van der Waals surface area (Å²) in [5.41, 5.74) is 2.06.